The fourth-order valence-corrected chi connectivity index (χ4v) is 5.71. The topological polar surface area (TPSA) is 52.7 Å². The van der Waals surface area contributed by atoms with Crippen LogP contribution >= 0.6 is 11.3 Å². The molecule has 180 valence electrons. The van der Waals surface area contributed by atoms with Crippen LogP contribution in [0.5, 0.6) is 0 Å². The van der Waals surface area contributed by atoms with E-state index in [1.165, 1.54) is 0 Å². The molecule has 0 bridgehead atoms. The third kappa shape index (κ3) is 6.24. The maximum Gasteiger partial charge on any atom is 0.254 e. The Kier molecular flexibility index (Phi) is 9.51. The van der Waals surface area contributed by atoms with Crippen molar-refractivity contribution in [2.24, 2.45) is 5.92 Å². The van der Waals surface area contributed by atoms with Crippen molar-refractivity contribution in [1.29, 1.82) is 0 Å². The van der Waals surface area contributed by atoms with Crippen molar-refractivity contribution in [3.8, 4) is 0 Å². The second-order valence-corrected chi connectivity index (χ2v) is 10.3. The molecule has 3 rings (SSSR count). The number of amides is 2. The molecule has 2 amide bonds. The van der Waals surface area contributed by atoms with Crippen LogP contribution in [0.15, 0.2) is 41.8 Å². The second-order valence-electron chi connectivity index (χ2n) is 9.36. The third-order valence-corrected chi connectivity index (χ3v) is 7.09. The molecule has 1 aliphatic heterocycles. The number of carbonyl (C=O) groups is 2. The lowest BCUT2D eigenvalue weighted by Gasteiger charge is -2.42. The minimum absolute atomic E-state index is 0.0136. The molecule has 0 unspecified atom stereocenters. The lowest BCUT2D eigenvalue weighted by atomic mass is 9.81. The van der Waals surface area contributed by atoms with Gasteiger partial charge in [-0.15, -0.1) is 11.3 Å². The summed E-state index contributed by atoms with van der Waals surface area (Å²) in [4.78, 5) is 32.6. The molecule has 1 N–H and O–H groups in total. The molecule has 0 saturated heterocycles. The molecule has 0 aliphatic carbocycles. The Hall–Kier alpha value is -2.18. The summed E-state index contributed by atoms with van der Waals surface area (Å²) in [6, 6.07) is 11.4. The van der Waals surface area contributed by atoms with Gasteiger partial charge in [-0.25, -0.2) is 0 Å². The molecule has 2 heterocycles. The summed E-state index contributed by atoms with van der Waals surface area (Å²) in [6.45, 7) is 13.1. The summed E-state index contributed by atoms with van der Waals surface area (Å²) in [5, 5.41) is 5.24. The van der Waals surface area contributed by atoms with E-state index in [9.17, 15) is 9.59 Å². The van der Waals surface area contributed by atoms with Gasteiger partial charge in [0.05, 0.1) is 12.0 Å². The number of rotatable bonds is 12. The molecule has 0 radical (unpaired) electrons. The van der Waals surface area contributed by atoms with Crippen molar-refractivity contribution < 1.29 is 9.59 Å². The molecule has 1 aromatic heterocycles. The van der Waals surface area contributed by atoms with Gasteiger partial charge >= 0.3 is 0 Å². The summed E-state index contributed by atoms with van der Waals surface area (Å²) >= 11 is 1.62. The van der Waals surface area contributed by atoms with Crippen LogP contribution in [-0.4, -0.2) is 54.3 Å². The van der Waals surface area contributed by atoms with Crippen LogP contribution in [0.1, 0.15) is 79.7 Å². The third-order valence-electron chi connectivity index (χ3n) is 6.15. The Balaban J connectivity index is 1.83. The Morgan fingerprint density at radius 2 is 1.82 bits per heavy atom. The molecule has 2 atom stereocenters. The zero-order valence-corrected chi connectivity index (χ0v) is 21.4. The van der Waals surface area contributed by atoms with Gasteiger partial charge in [0.15, 0.2) is 0 Å². The van der Waals surface area contributed by atoms with Crippen LogP contribution in [0.3, 0.4) is 0 Å². The second kappa shape index (κ2) is 12.3. The number of nitrogens with zero attached hydrogens (tertiary/aromatic N) is 2. The monoisotopic (exact) mass is 469 g/mol. The van der Waals surface area contributed by atoms with Crippen LogP contribution < -0.4 is 5.32 Å². The molecule has 2 aromatic rings. The lowest BCUT2D eigenvalue weighted by Crippen LogP contribution is -2.48. The van der Waals surface area contributed by atoms with E-state index in [1.807, 2.05) is 40.6 Å². The fraction of sp³-hybridized carbons (Fsp3) is 0.556. The van der Waals surface area contributed by atoms with Gasteiger partial charge in [0.2, 0.25) is 5.91 Å². The van der Waals surface area contributed by atoms with Crippen LogP contribution in [0, 0.1) is 5.92 Å². The van der Waals surface area contributed by atoms with Gasteiger partial charge in [-0.1, -0.05) is 52.0 Å². The highest BCUT2D eigenvalue weighted by molar-refractivity contribution is 7.10. The summed E-state index contributed by atoms with van der Waals surface area (Å²) in [5.74, 6) is -0.0525. The Morgan fingerprint density at radius 3 is 2.45 bits per heavy atom. The van der Waals surface area contributed by atoms with Crippen LogP contribution in [0.4, 0.5) is 0 Å². The fourth-order valence-electron chi connectivity index (χ4n) is 4.84. The van der Waals surface area contributed by atoms with Crippen molar-refractivity contribution in [3.63, 3.8) is 0 Å². The van der Waals surface area contributed by atoms with E-state index in [1.54, 1.807) is 11.3 Å². The number of hydrogen-bond acceptors (Lipinski definition) is 4. The lowest BCUT2D eigenvalue weighted by molar-refractivity contribution is -0.124. The molecule has 0 spiro atoms. The van der Waals surface area contributed by atoms with Gasteiger partial charge in [-0.2, -0.15) is 0 Å². The van der Waals surface area contributed by atoms with Crippen LogP contribution in [0.25, 0.3) is 0 Å². The summed E-state index contributed by atoms with van der Waals surface area (Å²) in [5.41, 5.74) is 1.50. The molecule has 5 nitrogen and oxygen atoms in total. The SMILES string of the molecule is CCCN(CCC)CCCNC(=O)[C@H]1c2ccccc2C(=O)N(CC(C)C)[C@H]1c1cccs1. The first-order valence-corrected chi connectivity index (χ1v) is 13.3. The molecule has 1 aliphatic rings. The zero-order chi connectivity index (χ0) is 23.8. The number of fused-ring (bicyclic) bond motifs is 1. The Bertz CT molecular complexity index is 891. The van der Waals surface area contributed by atoms with Gasteiger partial charge in [-0.3, -0.25) is 9.59 Å². The zero-order valence-electron chi connectivity index (χ0n) is 20.5. The van der Waals surface area contributed by atoms with Gasteiger partial charge in [0.25, 0.3) is 5.91 Å². The van der Waals surface area contributed by atoms with Crippen molar-refractivity contribution in [2.45, 2.75) is 58.9 Å². The predicted molar refractivity (Wildman–Crippen MR) is 137 cm³/mol. The Labute approximate surface area is 203 Å². The van der Waals surface area contributed by atoms with E-state index in [2.05, 4.69) is 44.0 Å². The van der Waals surface area contributed by atoms with E-state index < -0.39 is 5.92 Å². The van der Waals surface area contributed by atoms with Crippen molar-refractivity contribution in [2.75, 3.05) is 32.7 Å². The first kappa shape index (κ1) is 25.4. The van der Waals surface area contributed by atoms with E-state index in [-0.39, 0.29) is 17.9 Å². The highest BCUT2D eigenvalue weighted by Crippen LogP contribution is 2.44. The minimum atomic E-state index is -0.404. The van der Waals surface area contributed by atoms with Gasteiger partial charge in [0, 0.05) is 23.5 Å². The maximum absolute atomic E-state index is 13.6. The minimum Gasteiger partial charge on any atom is -0.355 e. The highest BCUT2D eigenvalue weighted by Gasteiger charge is 2.44. The standard InChI is InChI=1S/C27H39N3O2S/c1-5-15-29(16-6-2)17-10-14-28-26(31)24-21-11-7-8-12-22(21)27(32)30(19-20(3)4)25(24)23-13-9-18-33-23/h7-9,11-13,18,20,24-25H,5-6,10,14-17,19H2,1-4H3,(H,28,31)/t24-,25-/m0/s1. The smallest absolute Gasteiger partial charge is 0.254 e. The average Bonchev–Trinajstić information content (AvgIpc) is 3.32. The molecular formula is C27H39N3O2S. The van der Waals surface area contributed by atoms with Crippen molar-refractivity contribution in [1.82, 2.24) is 15.1 Å². The average molecular weight is 470 g/mol. The molecule has 1 aromatic carbocycles. The van der Waals surface area contributed by atoms with Gasteiger partial charge < -0.3 is 15.1 Å². The van der Waals surface area contributed by atoms with E-state index in [0.717, 1.165) is 49.3 Å². The number of carbonyl (C=O) groups excluding carboxylic acids is 2. The van der Waals surface area contributed by atoms with E-state index >= 15 is 0 Å². The molecule has 0 fully saturated rings. The maximum atomic E-state index is 13.6. The number of thiophene rings is 1. The van der Waals surface area contributed by atoms with E-state index in [0.29, 0.717) is 24.6 Å². The van der Waals surface area contributed by atoms with Crippen molar-refractivity contribution >= 4 is 23.2 Å². The van der Waals surface area contributed by atoms with Crippen LogP contribution in [0.2, 0.25) is 0 Å². The molecular weight excluding hydrogens is 430 g/mol. The first-order chi connectivity index (χ1) is 16.0. The predicted octanol–water partition coefficient (Wildman–Crippen LogP) is 5.31. The largest absolute Gasteiger partial charge is 0.355 e. The van der Waals surface area contributed by atoms with Gasteiger partial charge in [-0.05, 0) is 67.9 Å². The first-order valence-electron chi connectivity index (χ1n) is 12.4. The molecule has 33 heavy (non-hydrogen) atoms. The summed E-state index contributed by atoms with van der Waals surface area (Å²) in [6.07, 6.45) is 3.22. The highest BCUT2D eigenvalue weighted by atomic mass is 32.1. The summed E-state index contributed by atoms with van der Waals surface area (Å²) < 4.78 is 0. The van der Waals surface area contributed by atoms with Crippen LogP contribution in [-0.2, 0) is 4.79 Å². The number of hydrogen-bond donors (Lipinski definition) is 1. The quantitative estimate of drug-likeness (QED) is 0.429. The molecule has 6 heteroatoms. The van der Waals surface area contributed by atoms with Crippen molar-refractivity contribution in [3.05, 3.63) is 57.8 Å². The Morgan fingerprint density at radius 1 is 1.09 bits per heavy atom. The number of benzene rings is 1. The normalized spacial score (nSPS) is 18.1. The summed E-state index contributed by atoms with van der Waals surface area (Å²) in [7, 11) is 0. The van der Waals surface area contributed by atoms with Gasteiger partial charge in [0.1, 0.15) is 0 Å². The molecule has 0 saturated carbocycles. The number of nitrogens with one attached hydrogen (secondary N) is 1. The van der Waals surface area contributed by atoms with E-state index in [4.69, 9.17) is 0 Å².